The van der Waals surface area contributed by atoms with Gasteiger partial charge in [0.1, 0.15) is 22.9 Å². The maximum atomic E-state index is 15.1. The molecule has 11 nitrogen and oxygen atoms in total. The van der Waals surface area contributed by atoms with Crippen molar-refractivity contribution in [2.24, 2.45) is 0 Å². The summed E-state index contributed by atoms with van der Waals surface area (Å²) < 4.78 is 117. The molecule has 1 unspecified atom stereocenters. The highest BCUT2D eigenvalue weighted by atomic mass is 19.4. The molecular weight excluding hydrogens is 714 g/mol. The van der Waals surface area contributed by atoms with E-state index < -0.39 is 95.1 Å². The van der Waals surface area contributed by atoms with E-state index in [1.54, 1.807) is 18.2 Å². The molecule has 290 valence electrons. The van der Waals surface area contributed by atoms with Crippen molar-refractivity contribution >= 4 is 17.9 Å². The number of halogens is 6. The van der Waals surface area contributed by atoms with Gasteiger partial charge in [-0.3, -0.25) is 0 Å². The highest BCUT2D eigenvalue weighted by Gasteiger charge is 2.61. The predicted octanol–water partition coefficient (Wildman–Crippen LogP) is 10.1. The minimum absolute atomic E-state index is 0.0544. The number of alkyl halides is 6. The third-order valence-electron chi connectivity index (χ3n) is 6.94. The monoisotopic (exact) mass is 756 g/mol. The number of carbonyl (C=O) groups excluding carboxylic acids is 2. The Morgan fingerprint density at radius 3 is 1.98 bits per heavy atom. The Hall–Kier alpha value is -4.93. The number of amides is 2. The fraction of sp³-hybridized carbons (Fsp3) is 0.472. The fourth-order valence-electron chi connectivity index (χ4n) is 4.62. The molecule has 0 bridgehead atoms. The van der Waals surface area contributed by atoms with Crippen molar-refractivity contribution < 1.29 is 59.3 Å². The van der Waals surface area contributed by atoms with Crippen LogP contribution in [0.3, 0.4) is 0 Å². The van der Waals surface area contributed by atoms with Crippen molar-refractivity contribution in [1.82, 2.24) is 15.2 Å². The van der Waals surface area contributed by atoms with Crippen LogP contribution in [-0.2, 0) is 32.6 Å². The van der Waals surface area contributed by atoms with Gasteiger partial charge in [-0.1, -0.05) is 42.5 Å². The number of rotatable bonds is 13. The molecule has 0 saturated heterocycles. The van der Waals surface area contributed by atoms with Crippen LogP contribution >= 0.6 is 0 Å². The summed E-state index contributed by atoms with van der Waals surface area (Å²) in [6, 6.07) is 8.24. The number of hydrogen-bond donors (Lipinski definition) is 0. The first kappa shape index (κ1) is 42.5. The summed E-state index contributed by atoms with van der Waals surface area (Å²) in [7, 11) is 0. The maximum Gasteiger partial charge on any atom is 0.426 e. The molecule has 0 aliphatic heterocycles. The molecule has 3 rings (SSSR count). The molecular formula is C36H42F6N4O7. The molecule has 2 amide bonds. The van der Waals surface area contributed by atoms with E-state index in [0.29, 0.717) is 11.6 Å². The number of imide groups is 1. The molecule has 2 aromatic heterocycles. The molecule has 0 radical (unpaired) electrons. The standard InChI is InChI=1S/C36H42F6N4O7/c1-10-12-19-34(36(40,41)42,49-21-23-17-14-13-15-18-23)29-45-44-28(51-29)26-25(20-24(35(37,38)39)27(43-26)50-22(3)16-11-2)46(30(47)52-32(4,5)6)31(48)53-33(7,8)9/h10-11,13-15,17-18,20,22H,1-2,12,16,19,21H2,3-9H3/t22-,34?/m1/s1. The van der Waals surface area contributed by atoms with Crippen molar-refractivity contribution in [3.63, 3.8) is 0 Å². The van der Waals surface area contributed by atoms with Crippen molar-refractivity contribution in [2.45, 2.75) is 110 Å². The lowest BCUT2D eigenvalue weighted by atomic mass is 9.96. The summed E-state index contributed by atoms with van der Waals surface area (Å²) in [6.45, 7) is 16.4. The fourth-order valence-corrected chi connectivity index (χ4v) is 4.62. The summed E-state index contributed by atoms with van der Waals surface area (Å²) in [5.74, 6) is -3.15. The second-order valence-electron chi connectivity index (χ2n) is 13.8. The number of pyridine rings is 1. The highest BCUT2D eigenvalue weighted by Crippen LogP contribution is 2.48. The van der Waals surface area contributed by atoms with Gasteiger partial charge in [0.2, 0.25) is 11.5 Å². The average Bonchev–Trinajstić information content (AvgIpc) is 3.50. The Balaban J connectivity index is 2.42. The number of benzene rings is 1. The van der Waals surface area contributed by atoms with Crippen LogP contribution in [0.15, 0.2) is 66.1 Å². The highest BCUT2D eigenvalue weighted by molar-refractivity contribution is 6.11. The topological polar surface area (TPSA) is 126 Å². The number of allylic oxidation sites excluding steroid dienone is 1. The molecule has 0 spiro atoms. The van der Waals surface area contributed by atoms with E-state index in [1.807, 2.05) is 0 Å². The van der Waals surface area contributed by atoms with E-state index in [9.17, 15) is 22.8 Å². The number of ether oxygens (including phenoxy) is 4. The van der Waals surface area contributed by atoms with Crippen molar-refractivity contribution in [3.8, 4) is 17.5 Å². The number of hydrogen-bond acceptors (Lipinski definition) is 10. The van der Waals surface area contributed by atoms with Gasteiger partial charge in [-0.15, -0.1) is 23.4 Å². The third-order valence-corrected chi connectivity index (χ3v) is 6.94. The number of carbonyl (C=O) groups is 2. The zero-order valence-corrected chi connectivity index (χ0v) is 30.4. The number of aromatic nitrogens is 3. The SMILES string of the molecule is C=CCCC(OCc1ccccc1)(c1nnc(-c2nc(O[C@H](C)CC=C)c(C(F)(F)F)cc2N(C(=O)OC(C)(C)C)C(=O)OC(C)(C)C)o1)C(F)(F)F. The molecule has 0 aliphatic carbocycles. The first-order chi connectivity index (χ1) is 24.4. The van der Waals surface area contributed by atoms with E-state index in [1.165, 1.54) is 72.8 Å². The Morgan fingerprint density at radius 1 is 0.906 bits per heavy atom. The van der Waals surface area contributed by atoms with Gasteiger partial charge in [0.25, 0.3) is 11.8 Å². The molecule has 0 fully saturated rings. The van der Waals surface area contributed by atoms with Crippen LogP contribution in [0, 0.1) is 0 Å². The Bertz CT molecular complexity index is 1720. The third kappa shape index (κ3) is 11.0. The lowest BCUT2D eigenvalue weighted by Gasteiger charge is -2.32. The zero-order chi connectivity index (χ0) is 40.0. The van der Waals surface area contributed by atoms with Gasteiger partial charge in [0.05, 0.1) is 12.3 Å². The smallest absolute Gasteiger partial charge is 0.426 e. The van der Waals surface area contributed by atoms with Crippen LogP contribution in [-0.4, -0.2) is 50.9 Å². The van der Waals surface area contributed by atoms with Crippen LogP contribution in [0.25, 0.3) is 11.6 Å². The average molecular weight is 757 g/mol. The molecule has 0 aliphatic rings. The second kappa shape index (κ2) is 16.4. The molecule has 3 aromatic rings. The summed E-state index contributed by atoms with van der Waals surface area (Å²) in [5, 5.41) is 7.35. The zero-order valence-electron chi connectivity index (χ0n) is 30.4. The molecule has 17 heteroatoms. The largest absolute Gasteiger partial charge is 0.474 e. The van der Waals surface area contributed by atoms with E-state index in [4.69, 9.17) is 23.4 Å². The number of nitrogens with zero attached hydrogens (tertiary/aromatic N) is 4. The van der Waals surface area contributed by atoms with Crippen LogP contribution in [0.2, 0.25) is 0 Å². The molecule has 2 atom stereocenters. The Morgan fingerprint density at radius 2 is 1.49 bits per heavy atom. The Labute approximate surface area is 303 Å². The van der Waals surface area contributed by atoms with Gasteiger partial charge in [-0.05, 0) is 72.9 Å². The molecule has 1 aromatic carbocycles. The molecule has 0 saturated carbocycles. The van der Waals surface area contributed by atoms with E-state index in [2.05, 4.69) is 28.3 Å². The van der Waals surface area contributed by atoms with Crippen molar-refractivity contribution in [1.29, 1.82) is 0 Å². The maximum absolute atomic E-state index is 15.1. The summed E-state index contributed by atoms with van der Waals surface area (Å²) in [6.07, 6.45) is -12.8. The summed E-state index contributed by atoms with van der Waals surface area (Å²) >= 11 is 0. The Kier molecular flexibility index (Phi) is 13.1. The predicted molar refractivity (Wildman–Crippen MR) is 181 cm³/mol. The molecule has 2 heterocycles. The second-order valence-corrected chi connectivity index (χ2v) is 13.8. The normalized spacial score (nSPS) is 14.1. The summed E-state index contributed by atoms with van der Waals surface area (Å²) in [4.78, 5) is 31.3. The lowest BCUT2D eigenvalue weighted by molar-refractivity contribution is -0.299. The van der Waals surface area contributed by atoms with Crippen LogP contribution in [0.5, 0.6) is 5.88 Å². The minimum Gasteiger partial charge on any atom is -0.474 e. The first-order valence-corrected chi connectivity index (χ1v) is 16.3. The van der Waals surface area contributed by atoms with Crippen molar-refractivity contribution in [2.75, 3.05) is 4.90 Å². The van der Waals surface area contributed by atoms with Crippen LogP contribution in [0.4, 0.5) is 41.6 Å². The van der Waals surface area contributed by atoms with E-state index >= 15 is 13.2 Å². The van der Waals surface area contributed by atoms with Gasteiger partial charge in [-0.2, -0.15) is 31.2 Å². The van der Waals surface area contributed by atoms with Crippen LogP contribution in [0.1, 0.15) is 84.7 Å². The minimum atomic E-state index is -5.21. The van der Waals surface area contributed by atoms with Crippen LogP contribution < -0.4 is 9.64 Å². The van der Waals surface area contributed by atoms with Gasteiger partial charge < -0.3 is 23.4 Å². The van der Waals surface area contributed by atoms with E-state index in [-0.39, 0.29) is 17.7 Å². The quantitative estimate of drug-likeness (QED) is 0.123. The van der Waals surface area contributed by atoms with Gasteiger partial charge in [0.15, 0.2) is 5.69 Å². The lowest BCUT2D eigenvalue weighted by Crippen LogP contribution is -2.45. The van der Waals surface area contributed by atoms with Gasteiger partial charge in [-0.25, -0.2) is 14.6 Å². The van der Waals surface area contributed by atoms with E-state index in [0.717, 1.165) is 0 Å². The van der Waals surface area contributed by atoms with Crippen molar-refractivity contribution in [3.05, 3.63) is 78.7 Å². The van der Waals surface area contributed by atoms with Gasteiger partial charge in [0, 0.05) is 6.42 Å². The number of anilines is 1. The first-order valence-electron chi connectivity index (χ1n) is 16.3. The summed E-state index contributed by atoms with van der Waals surface area (Å²) in [5.41, 5.74) is -8.89. The molecule has 0 N–H and O–H groups in total. The van der Waals surface area contributed by atoms with Gasteiger partial charge >= 0.3 is 24.5 Å². The molecule has 53 heavy (non-hydrogen) atoms.